The second-order valence-corrected chi connectivity index (χ2v) is 4.60. The fraction of sp³-hybridized carbons (Fsp3) is 0.727. The molecule has 0 bridgehead atoms. The third-order valence-electron chi connectivity index (χ3n) is 3.13. The van der Waals surface area contributed by atoms with Crippen molar-refractivity contribution < 1.29 is 4.74 Å². The number of nitrogen functional groups attached to an aromatic ring is 1. The molecule has 0 unspecified atom stereocenters. The van der Waals surface area contributed by atoms with Crippen molar-refractivity contribution in [2.75, 3.05) is 43.9 Å². The Kier molecular flexibility index (Phi) is 3.81. The van der Waals surface area contributed by atoms with Crippen molar-refractivity contribution in [2.45, 2.75) is 19.9 Å². The van der Waals surface area contributed by atoms with Crippen LogP contribution in [0.3, 0.4) is 0 Å². The van der Waals surface area contributed by atoms with E-state index in [4.69, 9.17) is 10.5 Å². The molecule has 2 N–H and O–H groups in total. The molecule has 1 aliphatic rings. The van der Waals surface area contributed by atoms with Crippen LogP contribution in [-0.4, -0.2) is 59.2 Å². The Hall–Kier alpha value is -1.63. The zero-order valence-corrected chi connectivity index (χ0v) is 11.1. The van der Waals surface area contributed by atoms with E-state index in [2.05, 4.69) is 38.6 Å². The number of hydrogen-bond donors (Lipinski definition) is 1. The number of ether oxygens (including phenoxy) is 1. The van der Waals surface area contributed by atoms with Gasteiger partial charge in [0.2, 0.25) is 11.9 Å². The van der Waals surface area contributed by atoms with E-state index in [1.54, 1.807) is 0 Å². The van der Waals surface area contributed by atoms with Crippen molar-refractivity contribution in [3.05, 3.63) is 0 Å². The molecule has 2 heterocycles. The predicted molar refractivity (Wildman–Crippen MR) is 69.7 cm³/mol. The van der Waals surface area contributed by atoms with Crippen LogP contribution in [0.15, 0.2) is 0 Å². The van der Waals surface area contributed by atoms with Crippen LogP contribution in [0.2, 0.25) is 0 Å². The summed E-state index contributed by atoms with van der Waals surface area (Å²) in [5, 5.41) is 0. The fourth-order valence-corrected chi connectivity index (χ4v) is 2.03. The normalized spacial score (nSPS) is 17.2. The molecule has 100 valence electrons. The second-order valence-electron chi connectivity index (χ2n) is 4.60. The molecule has 1 aliphatic heterocycles. The van der Waals surface area contributed by atoms with Gasteiger partial charge in [-0.25, -0.2) is 0 Å². The number of nitrogens with zero attached hydrogens (tertiary/aromatic N) is 5. The molecule has 1 aromatic heterocycles. The Morgan fingerprint density at radius 2 is 1.78 bits per heavy atom. The Balaban J connectivity index is 2.07. The van der Waals surface area contributed by atoms with E-state index in [9.17, 15) is 0 Å². The van der Waals surface area contributed by atoms with E-state index < -0.39 is 0 Å². The van der Waals surface area contributed by atoms with Crippen molar-refractivity contribution in [3.8, 4) is 6.01 Å². The Morgan fingerprint density at radius 1 is 1.11 bits per heavy atom. The highest BCUT2D eigenvalue weighted by Crippen LogP contribution is 2.15. The van der Waals surface area contributed by atoms with Crippen LogP contribution in [0.1, 0.15) is 13.8 Å². The number of hydrogen-bond acceptors (Lipinski definition) is 7. The highest BCUT2D eigenvalue weighted by molar-refractivity contribution is 5.36. The largest absolute Gasteiger partial charge is 0.467 e. The number of nitrogens with two attached hydrogens (primary N) is 1. The van der Waals surface area contributed by atoms with Crippen LogP contribution in [-0.2, 0) is 0 Å². The van der Waals surface area contributed by atoms with Gasteiger partial charge in [0.15, 0.2) is 0 Å². The van der Waals surface area contributed by atoms with Crippen LogP contribution in [0.4, 0.5) is 11.9 Å². The summed E-state index contributed by atoms with van der Waals surface area (Å²) in [6.45, 7) is 8.21. The zero-order valence-electron chi connectivity index (χ0n) is 11.1. The first-order chi connectivity index (χ1) is 8.60. The van der Waals surface area contributed by atoms with Crippen LogP contribution in [0.25, 0.3) is 0 Å². The molecule has 0 aliphatic carbocycles. The van der Waals surface area contributed by atoms with E-state index in [-0.39, 0.29) is 12.0 Å². The Morgan fingerprint density at radius 3 is 2.33 bits per heavy atom. The molecule has 0 spiro atoms. The number of methoxy groups -OCH3 is 1. The molecular formula is C11H20N6O. The summed E-state index contributed by atoms with van der Waals surface area (Å²) in [6.07, 6.45) is 0. The van der Waals surface area contributed by atoms with E-state index >= 15 is 0 Å². The van der Waals surface area contributed by atoms with Crippen molar-refractivity contribution in [1.82, 2.24) is 19.9 Å². The zero-order chi connectivity index (χ0) is 13.1. The lowest BCUT2D eigenvalue weighted by atomic mass is 10.2. The van der Waals surface area contributed by atoms with Gasteiger partial charge in [-0.2, -0.15) is 15.0 Å². The summed E-state index contributed by atoms with van der Waals surface area (Å²) in [6, 6.07) is 0.842. The molecule has 0 aromatic carbocycles. The summed E-state index contributed by atoms with van der Waals surface area (Å²) < 4.78 is 5.01. The first-order valence-corrected chi connectivity index (χ1v) is 6.14. The van der Waals surface area contributed by atoms with Gasteiger partial charge < -0.3 is 15.4 Å². The standard InChI is InChI=1S/C11H20N6O/c1-8(2)16-4-6-17(7-5-16)10-13-9(12)14-11(15-10)18-3/h8H,4-7H2,1-3H3,(H2,12,13,14,15). The van der Waals surface area contributed by atoms with Crippen molar-refractivity contribution in [3.63, 3.8) is 0 Å². The monoisotopic (exact) mass is 252 g/mol. The smallest absolute Gasteiger partial charge is 0.322 e. The van der Waals surface area contributed by atoms with Crippen LogP contribution in [0.5, 0.6) is 6.01 Å². The molecule has 0 amide bonds. The van der Waals surface area contributed by atoms with E-state index in [1.807, 2.05) is 0 Å². The molecule has 18 heavy (non-hydrogen) atoms. The van der Waals surface area contributed by atoms with Gasteiger partial charge in [-0.3, -0.25) is 4.90 Å². The minimum Gasteiger partial charge on any atom is -0.467 e. The maximum absolute atomic E-state index is 5.64. The summed E-state index contributed by atoms with van der Waals surface area (Å²) in [4.78, 5) is 16.8. The topological polar surface area (TPSA) is 80.4 Å². The van der Waals surface area contributed by atoms with Gasteiger partial charge in [0.05, 0.1) is 7.11 Å². The molecule has 2 rings (SSSR count). The van der Waals surface area contributed by atoms with E-state index in [1.165, 1.54) is 7.11 Å². The van der Waals surface area contributed by atoms with Crippen LogP contribution >= 0.6 is 0 Å². The van der Waals surface area contributed by atoms with Gasteiger partial charge in [-0.15, -0.1) is 0 Å². The molecule has 0 atom stereocenters. The Labute approximate surface area is 107 Å². The lowest BCUT2D eigenvalue weighted by Crippen LogP contribution is -2.49. The molecule has 1 fully saturated rings. The summed E-state index contributed by atoms with van der Waals surface area (Å²) >= 11 is 0. The average molecular weight is 252 g/mol. The number of anilines is 2. The maximum Gasteiger partial charge on any atom is 0.322 e. The number of rotatable bonds is 3. The van der Waals surface area contributed by atoms with Gasteiger partial charge in [0.25, 0.3) is 0 Å². The minimum absolute atomic E-state index is 0.197. The van der Waals surface area contributed by atoms with E-state index in [0.717, 1.165) is 26.2 Å². The van der Waals surface area contributed by atoms with Crippen LogP contribution in [0, 0.1) is 0 Å². The molecular weight excluding hydrogens is 232 g/mol. The Bertz CT molecular complexity index is 403. The van der Waals surface area contributed by atoms with Gasteiger partial charge in [-0.05, 0) is 13.8 Å². The third-order valence-corrected chi connectivity index (χ3v) is 3.13. The van der Waals surface area contributed by atoms with Crippen molar-refractivity contribution >= 4 is 11.9 Å². The van der Waals surface area contributed by atoms with Crippen LogP contribution < -0.4 is 15.4 Å². The molecule has 1 saturated heterocycles. The molecule has 0 radical (unpaired) electrons. The number of piperazine rings is 1. The number of aromatic nitrogens is 3. The SMILES string of the molecule is COc1nc(N)nc(N2CCN(C(C)C)CC2)n1. The van der Waals surface area contributed by atoms with Gasteiger partial charge in [-0.1, -0.05) is 0 Å². The lowest BCUT2D eigenvalue weighted by Gasteiger charge is -2.36. The molecule has 1 aromatic rings. The second kappa shape index (κ2) is 5.34. The summed E-state index contributed by atoms with van der Waals surface area (Å²) in [7, 11) is 1.52. The minimum atomic E-state index is 0.197. The predicted octanol–water partition coefficient (Wildman–Crippen LogP) is -0.00720. The summed E-state index contributed by atoms with van der Waals surface area (Å²) in [5.74, 6) is 0.797. The fourth-order valence-electron chi connectivity index (χ4n) is 2.03. The van der Waals surface area contributed by atoms with Gasteiger partial charge >= 0.3 is 6.01 Å². The molecule has 7 heteroatoms. The highest BCUT2D eigenvalue weighted by Gasteiger charge is 2.21. The highest BCUT2D eigenvalue weighted by atomic mass is 16.5. The quantitative estimate of drug-likeness (QED) is 0.810. The van der Waals surface area contributed by atoms with Gasteiger partial charge in [0, 0.05) is 32.2 Å². The first-order valence-electron chi connectivity index (χ1n) is 6.14. The van der Waals surface area contributed by atoms with Crippen molar-refractivity contribution in [2.24, 2.45) is 0 Å². The summed E-state index contributed by atoms with van der Waals surface area (Å²) in [5.41, 5.74) is 5.64. The van der Waals surface area contributed by atoms with Gasteiger partial charge in [0.1, 0.15) is 0 Å². The first kappa shape index (κ1) is 12.8. The molecule has 0 saturated carbocycles. The van der Waals surface area contributed by atoms with Crippen molar-refractivity contribution in [1.29, 1.82) is 0 Å². The van der Waals surface area contributed by atoms with E-state index in [0.29, 0.717) is 12.0 Å². The average Bonchev–Trinajstić information content (AvgIpc) is 2.38. The molecule has 7 nitrogen and oxygen atoms in total. The lowest BCUT2D eigenvalue weighted by molar-refractivity contribution is 0.208. The maximum atomic E-state index is 5.64. The third kappa shape index (κ3) is 2.79.